The standard InChI is InChI=1S/C12H12F3N5O/c1-3-16-10-18-11(20-12(19-10)21-2)17-6-4-7(13)9(15)8(14)5-6/h4-5H,3H2,1-2H3,(H2,16,17,18,19,20). The van der Waals surface area contributed by atoms with Crippen LogP contribution in [-0.2, 0) is 0 Å². The van der Waals surface area contributed by atoms with E-state index in [0.29, 0.717) is 6.54 Å². The first kappa shape index (κ1) is 14.8. The van der Waals surface area contributed by atoms with E-state index >= 15 is 0 Å². The van der Waals surface area contributed by atoms with Gasteiger partial charge in [-0.2, -0.15) is 15.0 Å². The number of benzene rings is 1. The lowest BCUT2D eigenvalue weighted by molar-refractivity contribution is 0.379. The summed E-state index contributed by atoms with van der Waals surface area (Å²) in [4.78, 5) is 11.8. The predicted octanol–water partition coefficient (Wildman–Crippen LogP) is 2.47. The van der Waals surface area contributed by atoms with Crippen molar-refractivity contribution in [1.29, 1.82) is 0 Å². The normalized spacial score (nSPS) is 10.3. The topological polar surface area (TPSA) is 72.0 Å². The Labute approximate surface area is 118 Å². The third-order valence-corrected chi connectivity index (χ3v) is 2.37. The van der Waals surface area contributed by atoms with Crippen LogP contribution >= 0.6 is 0 Å². The minimum atomic E-state index is -1.54. The molecule has 0 saturated heterocycles. The molecule has 0 aliphatic rings. The van der Waals surface area contributed by atoms with E-state index in [2.05, 4.69) is 25.6 Å². The zero-order valence-corrected chi connectivity index (χ0v) is 11.2. The third-order valence-electron chi connectivity index (χ3n) is 2.37. The Morgan fingerprint density at radius 3 is 2.24 bits per heavy atom. The van der Waals surface area contributed by atoms with E-state index in [9.17, 15) is 13.2 Å². The number of rotatable bonds is 5. The molecule has 1 aromatic carbocycles. The van der Waals surface area contributed by atoms with Gasteiger partial charge in [0, 0.05) is 24.4 Å². The Bertz CT molecular complexity index is 630. The Morgan fingerprint density at radius 2 is 1.67 bits per heavy atom. The molecule has 0 atom stereocenters. The molecular weight excluding hydrogens is 287 g/mol. The number of nitrogens with zero attached hydrogens (tertiary/aromatic N) is 3. The summed E-state index contributed by atoms with van der Waals surface area (Å²) >= 11 is 0. The summed E-state index contributed by atoms with van der Waals surface area (Å²) in [5.74, 6) is -3.93. The van der Waals surface area contributed by atoms with Gasteiger partial charge in [0.25, 0.3) is 0 Å². The minimum absolute atomic E-state index is 0.00297. The lowest BCUT2D eigenvalue weighted by atomic mass is 10.3. The van der Waals surface area contributed by atoms with E-state index in [4.69, 9.17) is 4.74 Å². The number of methoxy groups -OCH3 is 1. The van der Waals surface area contributed by atoms with Gasteiger partial charge in [0.2, 0.25) is 11.9 Å². The Morgan fingerprint density at radius 1 is 1.05 bits per heavy atom. The summed E-state index contributed by atoms with van der Waals surface area (Å²) in [6.45, 7) is 2.40. The summed E-state index contributed by atoms with van der Waals surface area (Å²) in [6, 6.07) is 1.61. The van der Waals surface area contributed by atoms with Crippen molar-refractivity contribution >= 4 is 17.6 Å². The quantitative estimate of drug-likeness (QED) is 0.826. The molecule has 0 spiro atoms. The molecule has 9 heteroatoms. The second kappa shape index (κ2) is 6.25. The fourth-order valence-corrected chi connectivity index (χ4v) is 1.50. The SMILES string of the molecule is CCNc1nc(Nc2cc(F)c(F)c(F)c2)nc(OC)n1. The number of halogens is 3. The zero-order valence-electron chi connectivity index (χ0n) is 11.2. The number of hydrogen-bond acceptors (Lipinski definition) is 6. The number of aromatic nitrogens is 3. The molecule has 0 aliphatic heterocycles. The van der Waals surface area contributed by atoms with Crippen LogP contribution in [-0.4, -0.2) is 28.6 Å². The lowest BCUT2D eigenvalue weighted by Crippen LogP contribution is -2.08. The molecule has 0 bridgehead atoms. The first-order chi connectivity index (χ1) is 10.0. The van der Waals surface area contributed by atoms with Gasteiger partial charge in [-0.25, -0.2) is 13.2 Å². The Hall–Kier alpha value is -2.58. The summed E-state index contributed by atoms with van der Waals surface area (Å²) in [5, 5.41) is 5.41. The Kier molecular flexibility index (Phi) is 4.41. The fourth-order valence-electron chi connectivity index (χ4n) is 1.50. The molecule has 0 amide bonds. The van der Waals surface area contributed by atoms with Gasteiger partial charge in [-0.15, -0.1) is 0 Å². The van der Waals surface area contributed by atoms with E-state index in [1.54, 1.807) is 0 Å². The summed E-state index contributed by atoms with van der Waals surface area (Å²) in [7, 11) is 1.37. The van der Waals surface area contributed by atoms with Gasteiger partial charge in [-0.1, -0.05) is 0 Å². The molecule has 6 nitrogen and oxygen atoms in total. The lowest BCUT2D eigenvalue weighted by Gasteiger charge is -2.09. The van der Waals surface area contributed by atoms with Gasteiger partial charge in [-0.05, 0) is 6.92 Å². The summed E-state index contributed by atoms with van der Waals surface area (Å²) < 4.78 is 44.1. The van der Waals surface area contributed by atoms with Crippen LogP contribution in [0.1, 0.15) is 6.92 Å². The third kappa shape index (κ3) is 3.50. The van der Waals surface area contributed by atoms with Gasteiger partial charge >= 0.3 is 6.01 Å². The molecule has 2 N–H and O–H groups in total. The highest BCUT2D eigenvalue weighted by Gasteiger charge is 2.12. The maximum atomic E-state index is 13.1. The van der Waals surface area contributed by atoms with Gasteiger partial charge in [0.1, 0.15) is 0 Å². The highest BCUT2D eigenvalue weighted by Crippen LogP contribution is 2.21. The molecule has 0 unspecified atom stereocenters. The maximum absolute atomic E-state index is 13.1. The molecule has 1 heterocycles. The minimum Gasteiger partial charge on any atom is -0.467 e. The van der Waals surface area contributed by atoms with Crippen LogP contribution in [0.2, 0.25) is 0 Å². The van der Waals surface area contributed by atoms with Crippen molar-refractivity contribution in [3.05, 3.63) is 29.6 Å². The second-order valence-corrected chi connectivity index (χ2v) is 3.88. The maximum Gasteiger partial charge on any atom is 0.322 e. The van der Waals surface area contributed by atoms with Crippen LogP contribution in [0, 0.1) is 17.5 Å². The average molecular weight is 299 g/mol. The molecule has 2 rings (SSSR count). The summed E-state index contributed by atoms with van der Waals surface area (Å²) in [6.07, 6.45) is 0. The fraction of sp³-hybridized carbons (Fsp3) is 0.250. The van der Waals surface area contributed by atoms with Crippen molar-refractivity contribution in [3.63, 3.8) is 0 Å². The Balaban J connectivity index is 2.32. The molecule has 2 aromatic rings. The van der Waals surface area contributed by atoms with Crippen molar-refractivity contribution in [1.82, 2.24) is 15.0 Å². The average Bonchev–Trinajstić information content (AvgIpc) is 2.44. The van der Waals surface area contributed by atoms with Crippen LogP contribution in [0.5, 0.6) is 6.01 Å². The summed E-state index contributed by atoms with van der Waals surface area (Å²) in [5.41, 5.74) is -0.0397. The van der Waals surface area contributed by atoms with E-state index in [1.807, 2.05) is 6.92 Å². The van der Waals surface area contributed by atoms with Crippen molar-refractivity contribution in [2.45, 2.75) is 6.92 Å². The van der Waals surface area contributed by atoms with Crippen molar-refractivity contribution < 1.29 is 17.9 Å². The van der Waals surface area contributed by atoms with E-state index in [1.165, 1.54) is 7.11 Å². The van der Waals surface area contributed by atoms with E-state index < -0.39 is 17.5 Å². The highest BCUT2D eigenvalue weighted by atomic mass is 19.2. The molecular formula is C12H12F3N5O. The van der Waals surface area contributed by atoms with Crippen LogP contribution < -0.4 is 15.4 Å². The van der Waals surface area contributed by atoms with Gasteiger partial charge in [0.05, 0.1) is 7.11 Å². The molecule has 0 aliphatic carbocycles. The van der Waals surface area contributed by atoms with Crippen molar-refractivity contribution in [2.75, 3.05) is 24.3 Å². The molecule has 0 fully saturated rings. The van der Waals surface area contributed by atoms with Crippen LogP contribution in [0.25, 0.3) is 0 Å². The van der Waals surface area contributed by atoms with Crippen molar-refractivity contribution in [2.24, 2.45) is 0 Å². The van der Waals surface area contributed by atoms with E-state index in [0.717, 1.165) is 12.1 Å². The molecule has 21 heavy (non-hydrogen) atoms. The van der Waals surface area contributed by atoms with E-state index in [-0.39, 0.29) is 23.6 Å². The first-order valence-electron chi connectivity index (χ1n) is 5.99. The molecule has 0 radical (unpaired) electrons. The number of hydrogen-bond donors (Lipinski definition) is 2. The molecule has 1 aromatic heterocycles. The predicted molar refractivity (Wildman–Crippen MR) is 70.1 cm³/mol. The molecule has 112 valence electrons. The van der Waals surface area contributed by atoms with Gasteiger partial charge in [0.15, 0.2) is 17.5 Å². The van der Waals surface area contributed by atoms with Crippen LogP contribution in [0.15, 0.2) is 12.1 Å². The zero-order chi connectivity index (χ0) is 15.4. The largest absolute Gasteiger partial charge is 0.467 e. The number of ether oxygens (including phenoxy) is 1. The van der Waals surface area contributed by atoms with Crippen LogP contribution in [0.4, 0.5) is 30.8 Å². The smallest absolute Gasteiger partial charge is 0.322 e. The number of nitrogens with one attached hydrogen (secondary N) is 2. The van der Waals surface area contributed by atoms with Crippen LogP contribution in [0.3, 0.4) is 0 Å². The van der Waals surface area contributed by atoms with Gasteiger partial charge in [-0.3, -0.25) is 0 Å². The number of anilines is 3. The second-order valence-electron chi connectivity index (χ2n) is 3.88. The van der Waals surface area contributed by atoms with Gasteiger partial charge < -0.3 is 15.4 Å². The first-order valence-corrected chi connectivity index (χ1v) is 5.99. The monoisotopic (exact) mass is 299 g/mol. The molecule has 0 saturated carbocycles. The van der Waals surface area contributed by atoms with Crippen molar-refractivity contribution in [3.8, 4) is 6.01 Å². The highest BCUT2D eigenvalue weighted by molar-refractivity contribution is 5.54.